The van der Waals surface area contributed by atoms with Crippen molar-refractivity contribution in [2.75, 3.05) is 5.32 Å². The summed E-state index contributed by atoms with van der Waals surface area (Å²) in [6.45, 7) is 7.08. The molecule has 3 nitrogen and oxygen atoms in total. The number of para-hydroxylation sites is 1. The summed E-state index contributed by atoms with van der Waals surface area (Å²) in [6, 6.07) is 8.46. The molecule has 0 bridgehead atoms. The highest BCUT2D eigenvalue weighted by molar-refractivity contribution is 5.56. The van der Waals surface area contributed by atoms with Gasteiger partial charge >= 0.3 is 0 Å². The van der Waals surface area contributed by atoms with Gasteiger partial charge in [0.2, 0.25) is 0 Å². The first-order valence-electron chi connectivity index (χ1n) is 5.87. The molecule has 0 aliphatic carbocycles. The van der Waals surface area contributed by atoms with Gasteiger partial charge in [0.15, 0.2) is 0 Å². The van der Waals surface area contributed by atoms with Crippen LogP contribution in [0.4, 0.5) is 5.69 Å². The third-order valence-corrected chi connectivity index (χ3v) is 3.03. The summed E-state index contributed by atoms with van der Waals surface area (Å²) in [5.74, 6) is 0. The molecule has 0 aliphatic rings. The fourth-order valence-corrected chi connectivity index (χ4v) is 2.10. The van der Waals surface area contributed by atoms with Gasteiger partial charge < -0.3 is 5.32 Å². The number of nitrogens with zero attached hydrogens (tertiary/aromatic N) is 2. The lowest BCUT2D eigenvalue weighted by Gasteiger charge is -2.12. The van der Waals surface area contributed by atoms with Crippen LogP contribution in [0.1, 0.15) is 22.5 Å². The number of hydrogen-bond acceptors (Lipinski definition) is 2. The minimum atomic E-state index is 0.809. The van der Waals surface area contributed by atoms with Crippen molar-refractivity contribution in [3.63, 3.8) is 0 Å². The highest BCUT2D eigenvalue weighted by atomic mass is 15.3. The maximum atomic E-state index is 4.34. The Labute approximate surface area is 102 Å². The molecule has 1 aromatic carbocycles. The Balaban J connectivity index is 2.15. The smallest absolute Gasteiger partial charge is 0.0597 e. The summed E-state index contributed by atoms with van der Waals surface area (Å²) in [7, 11) is 1.98. The van der Waals surface area contributed by atoms with E-state index in [-0.39, 0.29) is 0 Å². The van der Waals surface area contributed by atoms with E-state index in [0.717, 1.165) is 12.2 Å². The van der Waals surface area contributed by atoms with Gasteiger partial charge in [0.25, 0.3) is 0 Å². The Hall–Kier alpha value is -1.77. The van der Waals surface area contributed by atoms with Crippen molar-refractivity contribution in [1.82, 2.24) is 9.78 Å². The van der Waals surface area contributed by atoms with Crippen LogP contribution in [0, 0.1) is 20.8 Å². The van der Waals surface area contributed by atoms with E-state index >= 15 is 0 Å². The number of benzene rings is 1. The van der Waals surface area contributed by atoms with Crippen LogP contribution in [0.2, 0.25) is 0 Å². The normalized spacial score (nSPS) is 10.6. The number of aryl methyl sites for hydroxylation is 4. The molecule has 90 valence electrons. The number of rotatable bonds is 3. The van der Waals surface area contributed by atoms with Crippen molar-refractivity contribution in [2.24, 2.45) is 7.05 Å². The molecule has 0 unspecified atom stereocenters. The fourth-order valence-electron chi connectivity index (χ4n) is 2.10. The lowest BCUT2D eigenvalue weighted by atomic mass is 10.1. The minimum absolute atomic E-state index is 0.809. The molecule has 1 aromatic heterocycles. The van der Waals surface area contributed by atoms with Crippen molar-refractivity contribution in [1.29, 1.82) is 0 Å². The molecule has 17 heavy (non-hydrogen) atoms. The molecule has 1 heterocycles. The summed E-state index contributed by atoms with van der Waals surface area (Å²) in [4.78, 5) is 0. The first-order chi connectivity index (χ1) is 8.08. The summed E-state index contributed by atoms with van der Waals surface area (Å²) in [5.41, 5.74) is 6.05. The van der Waals surface area contributed by atoms with Gasteiger partial charge in [0.05, 0.1) is 17.9 Å². The zero-order valence-electron chi connectivity index (χ0n) is 10.9. The first-order valence-corrected chi connectivity index (χ1v) is 5.87. The fraction of sp³-hybridized carbons (Fsp3) is 0.357. The van der Waals surface area contributed by atoms with Gasteiger partial charge in [0, 0.05) is 12.7 Å². The van der Waals surface area contributed by atoms with E-state index in [4.69, 9.17) is 0 Å². The van der Waals surface area contributed by atoms with E-state index in [1.54, 1.807) is 0 Å². The van der Waals surface area contributed by atoms with E-state index in [1.165, 1.54) is 22.5 Å². The second-order valence-corrected chi connectivity index (χ2v) is 4.52. The highest BCUT2D eigenvalue weighted by Gasteiger charge is 2.04. The summed E-state index contributed by atoms with van der Waals surface area (Å²) in [6.07, 6.45) is 0. The third-order valence-electron chi connectivity index (χ3n) is 3.03. The largest absolute Gasteiger partial charge is 0.379 e. The zero-order valence-corrected chi connectivity index (χ0v) is 10.9. The third kappa shape index (κ3) is 2.49. The Morgan fingerprint density at radius 1 is 1.18 bits per heavy atom. The standard InChI is InChI=1S/C14H19N3/c1-10-6-5-7-11(2)14(10)15-9-13-8-12(3)16-17(13)4/h5-8,15H,9H2,1-4H3. The Morgan fingerprint density at radius 3 is 2.35 bits per heavy atom. The molecule has 2 rings (SSSR count). The minimum Gasteiger partial charge on any atom is -0.379 e. The van der Waals surface area contributed by atoms with Crippen molar-refractivity contribution in [3.8, 4) is 0 Å². The monoisotopic (exact) mass is 229 g/mol. The molecule has 0 aliphatic heterocycles. The van der Waals surface area contributed by atoms with Crippen LogP contribution in [-0.4, -0.2) is 9.78 Å². The first kappa shape index (κ1) is 11.7. The van der Waals surface area contributed by atoms with Crippen molar-refractivity contribution < 1.29 is 0 Å². The lowest BCUT2D eigenvalue weighted by Crippen LogP contribution is -2.07. The van der Waals surface area contributed by atoms with Crippen molar-refractivity contribution in [2.45, 2.75) is 27.3 Å². The maximum Gasteiger partial charge on any atom is 0.0597 e. The maximum absolute atomic E-state index is 4.34. The van der Waals surface area contributed by atoms with E-state index in [9.17, 15) is 0 Å². The van der Waals surface area contributed by atoms with E-state index in [2.05, 4.69) is 48.5 Å². The van der Waals surface area contributed by atoms with Crippen LogP contribution in [0.15, 0.2) is 24.3 Å². The summed E-state index contributed by atoms with van der Waals surface area (Å²) < 4.78 is 1.93. The van der Waals surface area contributed by atoms with E-state index < -0.39 is 0 Å². The zero-order chi connectivity index (χ0) is 12.4. The van der Waals surface area contributed by atoms with Gasteiger partial charge in [-0.25, -0.2) is 0 Å². The molecule has 0 atom stereocenters. The topological polar surface area (TPSA) is 29.9 Å². The van der Waals surface area contributed by atoms with Gasteiger partial charge in [-0.15, -0.1) is 0 Å². The number of anilines is 1. The molecule has 2 aromatic rings. The molecule has 0 saturated heterocycles. The molecule has 0 saturated carbocycles. The molecule has 0 fully saturated rings. The predicted octanol–water partition coefficient (Wildman–Crippen LogP) is 2.96. The van der Waals surface area contributed by atoms with Gasteiger partial charge in [-0.1, -0.05) is 18.2 Å². The van der Waals surface area contributed by atoms with Gasteiger partial charge in [-0.2, -0.15) is 5.10 Å². The molecule has 1 N–H and O–H groups in total. The van der Waals surface area contributed by atoms with Crippen molar-refractivity contribution in [3.05, 3.63) is 46.8 Å². The van der Waals surface area contributed by atoms with Crippen LogP contribution >= 0.6 is 0 Å². The van der Waals surface area contributed by atoms with Gasteiger partial charge in [-0.05, 0) is 38.0 Å². The molecule has 0 spiro atoms. The summed E-state index contributed by atoms with van der Waals surface area (Å²) in [5, 5.41) is 7.84. The second-order valence-electron chi connectivity index (χ2n) is 4.52. The molecule has 0 radical (unpaired) electrons. The quantitative estimate of drug-likeness (QED) is 0.877. The van der Waals surface area contributed by atoms with E-state index in [1.807, 2.05) is 18.7 Å². The van der Waals surface area contributed by atoms with Crippen LogP contribution in [0.5, 0.6) is 0 Å². The second kappa shape index (κ2) is 4.62. The van der Waals surface area contributed by atoms with Crippen LogP contribution in [-0.2, 0) is 13.6 Å². The number of nitrogens with one attached hydrogen (secondary N) is 1. The summed E-state index contributed by atoms with van der Waals surface area (Å²) >= 11 is 0. The van der Waals surface area contributed by atoms with Crippen LogP contribution in [0.25, 0.3) is 0 Å². The lowest BCUT2D eigenvalue weighted by molar-refractivity contribution is 0.713. The molecule has 3 heteroatoms. The number of hydrogen-bond donors (Lipinski definition) is 1. The van der Waals surface area contributed by atoms with Gasteiger partial charge in [-0.3, -0.25) is 4.68 Å². The van der Waals surface area contributed by atoms with Crippen LogP contribution in [0.3, 0.4) is 0 Å². The SMILES string of the molecule is Cc1cc(CNc2c(C)cccc2C)n(C)n1. The predicted molar refractivity (Wildman–Crippen MR) is 71.2 cm³/mol. The highest BCUT2D eigenvalue weighted by Crippen LogP contribution is 2.20. The van der Waals surface area contributed by atoms with Crippen molar-refractivity contribution >= 4 is 5.69 Å². The Bertz CT molecular complexity index is 506. The van der Waals surface area contributed by atoms with Crippen LogP contribution < -0.4 is 5.32 Å². The average Bonchev–Trinajstić information content (AvgIpc) is 2.57. The molecular weight excluding hydrogens is 210 g/mol. The molecular formula is C14H19N3. The Morgan fingerprint density at radius 2 is 1.82 bits per heavy atom. The molecule has 0 amide bonds. The number of aromatic nitrogens is 2. The van der Waals surface area contributed by atoms with E-state index in [0.29, 0.717) is 0 Å². The Kier molecular flexibility index (Phi) is 3.18. The van der Waals surface area contributed by atoms with Gasteiger partial charge in [0.1, 0.15) is 0 Å². The average molecular weight is 229 g/mol.